The van der Waals surface area contributed by atoms with Crippen LogP contribution in [0.15, 0.2) is 42.6 Å². The van der Waals surface area contributed by atoms with E-state index in [1.54, 1.807) is 17.5 Å². The Morgan fingerprint density at radius 3 is 2.69 bits per heavy atom. The van der Waals surface area contributed by atoms with E-state index in [-0.39, 0.29) is 0 Å². The Balaban J connectivity index is 0.000000117. The van der Waals surface area contributed by atoms with Gasteiger partial charge in [-0.3, -0.25) is 5.10 Å². The summed E-state index contributed by atoms with van der Waals surface area (Å²) in [4.78, 5) is 8.71. The average Bonchev–Trinajstić information content (AvgIpc) is 3.25. The normalized spacial score (nSPS) is 16.9. The molecule has 0 radical (unpaired) electrons. The van der Waals surface area contributed by atoms with Gasteiger partial charge in [0.15, 0.2) is 10.8 Å². The third kappa shape index (κ3) is 3.17. The molecule has 0 atom stereocenters. The summed E-state index contributed by atoms with van der Waals surface area (Å²) in [5.74, 6) is 0.721. The summed E-state index contributed by atoms with van der Waals surface area (Å²) in [6.07, 6.45) is 8.34. The second-order valence-corrected chi connectivity index (χ2v) is 8.08. The Labute approximate surface area is 155 Å². The van der Waals surface area contributed by atoms with Crippen LogP contribution in [0.1, 0.15) is 43.7 Å². The molecule has 3 aromatic heterocycles. The van der Waals surface area contributed by atoms with E-state index in [1.807, 2.05) is 12.1 Å². The van der Waals surface area contributed by atoms with Gasteiger partial charge in [0, 0.05) is 29.2 Å². The molecule has 132 valence electrons. The van der Waals surface area contributed by atoms with Crippen LogP contribution in [0, 0.1) is 0 Å². The van der Waals surface area contributed by atoms with Gasteiger partial charge in [-0.25, -0.2) is 9.97 Å². The predicted molar refractivity (Wildman–Crippen MR) is 107 cm³/mol. The van der Waals surface area contributed by atoms with E-state index in [0.717, 1.165) is 22.2 Å². The molecule has 0 bridgehead atoms. The van der Waals surface area contributed by atoms with Crippen LogP contribution in [-0.4, -0.2) is 26.2 Å². The molecule has 6 heteroatoms. The van der Waals surface area contributed by atoms with Crippen molar-refractivity contribution in [2.45, 2.75) is 44.1 Å². The number of aromatic amines is 1. The van der Waals surface area contributed by atoms with Crippen LogP contribution in [0.5, 0.6) is 0 Å². The molecule has 0 spiro atoms. The lowest BCUT2D eigenvalue weighted by molar-refractivity contribution is 0.445. The minimum Gasteiger partial charge on any atom is -0.359 e. The monoisotopic (exact) mass is 363 g/mol. The van der Waals surface area contributed by atoms with E-state index >= 15 is 0 Å². The molecule has 1 aromatic carbocycles. The first-order chi connectivity index (χ1) is 12.9. The summed E-state index contributed by atoms with van der Waals surface area (Å²) >= 11 is 1.75. The second kappa shape index (κ2) is 6.68. The Morgan fingerprint density at radius 1 is 1.04 bits per heavy atom. The van der Waals surface area contributed by atoms with Crippen LogP contribution in [0.25, 0.3) is 21.3 Å². The van der Waals surface area contributed by atoms with Gasteiger partial charge in [0.05, 0.1) is 10.2 Å². The van der Waals surface area contributed by atoms with Crippen LogP contribution in [-0.2, 0) is 0 Å². The smallest absolute Gasteiger partial charge is 0.184 e. The molecule has 0 saturated heterocycles. The van der Waals surface area contributed by atoms with Crippen LogP contribution in [0.2, 0.25) is 0 Å². The number of hydrogen-bond donors (Lipinski definition) is 2. The van der Waals surface area contributed by atoms with Crippen molar-refractivity contribution >= 4 is 37.7 Å². The molecule has 2 N–H and O–H groups in total. The maximum Gasteiger partial charge on any atom is 0.184 e. The van der Waals surface area contributed by atoms with Gasteiger partial charge in [0.25, 0.3) is 0 Å². The third-order valence-corrected chi connectivity index (χ3v) is 6.04. The number of nitrogens with zero attached hydrogens (tertiary/aromatic N) is 3. The SMILES string of the molecule is c1ccc2sc(NC3CCC3)nc2c1.c1cnc2n[nH]c(C3CC3)c2c1. The molecule has 0 amide bonds. The first-order valence-electron chi connectivity index (χ1n) is 9.28. The molecule has 5 nitrogen and oxygen atoms in total. The fourth-order valence-electron chi connectivity index (χ4n) is 3.21. The summed E-state index contributed by atoms with van der Waals surface area (Å²) in [5, 5.41) is 13.0. The molecule has 6 rings (SSSR count). The number of para-hydroxylation sites is 1. The van der Waals surface area contributed by atoms with E-state index in [2.05, 4.69) is 49.7 Å². The van der Waals surface area contributed by atoms with Crippen molar-refractivity contribution in [3.05, 3.63) is 48.3 Å². The van der Waals surface area contributed by atoms with Crippen molar-refractivity contribution in [1.29, 1.82) is 0 Å². The summed E-state index contributed by atoms with van der Waals surface area (Å²) in [7, 11) is 0. The number of aromatic nitrogens is 4. The van der Waals surface area contributed by atoms with E-state index in [1.165, 1.54) is 47.9 Å². The number of benzene rings is 1. The maximum absolute atomic E-state index is 4.54. The van der Waals surface area contributed by atoms with Crippen molar-refractivity contribution in [2.75, 3.05) is 5.32 Å². The highest BCUT2D eigenvalue weighted by Gasteiger charge is 2.27. The lowest BCUT2D eigenvalue weighted by atomic mass is 9.93. The minimum absolute atomic E-state index is 0.676. The van der Waals surface area contributed by atoms with Gasteiger partial charge in [-0.1, -0.05) is 23.5 Å². The Kier molecular flexibility index (Phi) is 4.05. The molecule has 4 aromatic rings. The largest absolute Gasteiger partial charge is 0.359 e. The van der Waals surface area contributed by atoms with Crippen LogP contribution in [0.4, 0.5) is 5.13 Å². The molecule has 0 aliphatic heterocycles. The maximum atomic E-state index is 4.54. The van der Waals surface area contributed by atoms with Gasteiger partial charge >= 0.3 is 0 Å². The highest BCUT2D eigenvalue weighted by molar-refractivity contribution is 7.22. The lowest BCUT2D eigenvalue weighted by Crippen LogP contribution is -2.26. The fourth-order valence-corrected chi connectivity index (χ4v) is 4.16. The van der Waals surface area contributed by atoms with Crippen molar-refractivity contribution in [2.24, 2.45) is 0 Å². The number of anilines is 1. The van der Waals surface area contributed by atoms with Crippen molar-refractivity contribution in [3.63, 3.8) is 0 Å². The first-order valence-corrected chi connectivity index (χ1v) is 10.1. The number of nitrogens with one attached hydrogen (secondary N) is 2. The molecule has 26 heavy (non-hydrogen) atoms. The molecular weight excluding hydrogens is 342 g/mol. The lowest BCUT2D eigenvalue weighted by Gasteiger charge is -2.25. The highest BCUT2D eigenvalue weighted by atomic mass is 32.1. The Bertz CT molecular complexity index is 996. The third-order valence-electron chi connectivity index (χ3n) is 5.07. The zero-order valence-corrected chi connectivity index (χ0v) is 15.3. The number of rotatable bonds is 3. The summed E-state index contributed by atoms with van der Waals surface area (Å²) in [6.45, 7) is 0. The zero-order chi connectivity index (χ0) is 17.3. The Morgan fingerprint density at radius 2 is 1.92 bits per heavy atom. The predicted octanol–water partition coefficient (Wildman–Crippen LogP) is 5.10. The summed E-state index contributed by atoms with van der Waals surface area (Å²) in [6, 6.07) is 13.0. The van der Waals surface area contributed by atoms with E-state index in [0.29, 0.717) is 6.04 Å². The van der Waals surface area contributed by atoms with Gasteiger partial charge in [-0.05, 0) is 56.4 Å². The molecule has 2 aliphatic carbocycles. The summed E-state index contributed by atoms with van der Waals surface area (Å²) < 4.78 is 1.27. The Hall–Kier alpha value is -2.47. The van der Waals surface area contributed by atoms with Crippen LogP contribution >= 0.6 is 11.3 Å². The first kappa shape index (κ1) is 15.8. The van der Waals surface area contributed by atoms with Gasteiger partial charge < -0.3 is 5.32 Å². The van der Waals surface area contributed by atoms with E-state index in [4.69, 9.17) is 0 Å². The summed E-state index contributed by atoms with van der Waals surface area (Å²) in [5.41, 5.74) is 3.23. The van der Waals surface area contributed by atoms with E-state index in [9.17, 15) is 0 Å². The number of H-pyrrole nitrogens is 1. The average molecular weight is 363 g/mol. The molecule has 2 fully saturated rings. The highest BCUT2D eigenvalue weighted by Crippen LogP contribution is 2.41. The molecule has 0 unspecified atom stereocenters. The topological polar surface area (TPSA) is 66.5 Å². The number of thiazole rings is 1. The van der Waals surface area contributed by atoms with Gasteiger partial charge in [0.1, 0.15) is 0 Å². The van der Waals surface area contributed by atoms with E-state index < -0.39 is 0 Å². The molecule has 2 saturated carbocycles. The molecular formula is C20H21N5S. The number of fused-ring (bicyclic) bond motifs is 2. The van der Waals surface area contributed by atoms with Gasteiger partial charge in [-0.2, -0.15) is 5.10 Å². The van der Waals surface area contributed by atoms with Crippen molar-refractivity contribution in [1.82, 2.24) is 20.2 Å². The minimum atomic E-state index is 0.676. The number of hydrogen-bond acceptors (Lipinski definition) is 5. The van der Waals surface area contributed by atoms with Crippen LogP contribution < -0.4 is 5.32 Å². The van der Waals surface area contributed by atoms with Crippen molar-refractivity contribution in [3.8, 4) is 0 Å². The van der Waals surface area contributed by atoms with Crippen LogP contribution in [0.3, 0.4) is 0 Å². The van der Waals surface area contributed by atoms with Gasteiger partial charge in [-0.15, -0.1) is 0 Å². The fraction of sp³-hybridized carbons (Fsp3) is 0.350. The molecule has 2 aliphatic rings. The van der Waals surface area contributed by atoms with Crippen molar-refractivity contribution < 1.29 is 0 Å². The number of pyridine rings is 1. The molecule has 3 heterocycles. The van der Waals surface area contributed by atoms with Gasteiger partial charge in [0.2, 0.25) is 0 Å². The zero-order valence-electron chi connectivity index (χ0n) is 14.5. The second-order valence-electron chi connectivity index (χ2n) is 7.05. The quantitative estimate of drug-likeness (QED) is 0.532. The standard InChI is InChI=1S/C11H12N2S.C9H9N3/c1-2-7-10-9(6-1)13-11(14-10)12-8-4-3-5-8;1-2-7-8(6-3-4-6)11-12-9(7)10-5-1/h1-2,6-8H,3-5H2,(H,12,13);1-2,5-6H,3-4H2,(H,10,11,12).